The molecule has 1 fully saturated rings. The van der Waals surface area contributed by atoms with Crippen molar-refractivity contribution >= 4 is 11.6 Å². The summed E-state index contributed by atoms with van der Waals surface area (Å²) in [6.07, 6.45) is 8.97. The molecular weight excluding hydrogens is 258 g/mol. The first-order valence-corrected chi connectivity index (χ1v) is 7.22. The average molecular weight is 276 g/mol. The van der Waals surface area contributed by atoms with E-state index < -0.39 is 0 Å². The fourth-order valence-electron chi connectivity index (χ4n) is 2.14. The number of halogens is 1. The van der Waals surface area contributed by atoms with E-state index in [0.29, 0.717) is 0 Å². The summed E-state index contributed by atoms with van der Waals surface area (Å²) in [5, 5.41) is 8.66. The average Bonchev–Trinajstić information content (AvgIpc) is 3.11. The molecule has 1 aliphatic rings. The second kappa shape index (κ2) is 5.76. The minimum absolute atomic E-state index is 0.739. The molecule has 1 saturated carbocycles. The van der Waals surface area contributed by atoms with Crippen molar-refractivity contribution in [2.75, 3.05) is 6.54 Å². The highest BCUT2D eigenvalue weighted by Crippen LogP contribution is 2.18. The topological polar surface area (TPSA) is 29.9 Å². The zero-order valence-corrected chi connectivity index (χ0v) is 11.6. The first-order valence-electron chi connectivity index (χ1n) is 6.84. The molecule has 0 unspecified atom stereocenters. The maximum Gasteiger partial charge on any atom is 0.0660 e. The Hall–Kier alpha value is -1.32. The van der Waals surface area contributed by atoms with Crippen LogP contribution in [0.1, 0.15) is 24.8 Å². The molecule has 0 aliphatic heterocycles. The summed E-state index contributed by atoms with van der Waals surface area (Å²) in [5.74, 6) is 0. The molecule has 3 rings (SSSR count). The molecule has 0 spiro atoms. The summed E-state index contributed by atoms with van der Waals surface area (Å²) in [6, 6.07) is 8.55. The first kappa shape index (κ1) is 12.7. The van der Waals surface area contributed by atoms with Crippen LogP contribution in [0.5, 0.6) is 0 Å². The van der Waals surface area contributed by atoms with Crippen LogP contribution in [-0.2, 0) is 6.42 Å². The monoisotopic (exact) mass is 275 g/mol. The maximum absolute atomic E-state index is 5.99. The van der Waals surface area contributed by atoms with Crippen LogP contribution in [0, 0.1) is 0 Å². The van der Waals surface area contributed by atoms with E-state index in [1.54, 1.807) is 0 Å². The van der Waals surface area contributed by atoms with Crippen molar-refractivity contribution in [2.24, 2.45) is 0 Å². The Kier molecular flexibility index (Phi) is 3.85. The molecule has 1 N–H and O–H groups in total. The maximum atomic E-state index is 5.99. The molecule has 0 amide bonds. The number of aryl methyl sites for hydroxylation is 1. The Morgan fingerprint density at radius 1 is 1.37 bits per heavy atom. The third kappa shape index (κ3) is 3.58. The SMILES string of the molecule is Clc1cccc(-n2cc(CCCNC3CC3)cn2)c1. The molecule has 0 atom stereocenters. The van der Waals surface area contributed by atoms with E-state index in [1.807, 2.05) is 35.1 Å². The van der Waals surface area contributed by atoms with Crippen LogP contribution in [0.25, 0.3) is 5.69 Å². The molecule has 0 radical (unpaired) electrons. The van der Waals surface area contributed by atoms with Crippen LogP contribution in [0.4, 0.5) is 0 Å². The number of aromatic nitrogens is 2. The molecule has 1 aromatic heterocycles. The lowest BCUT2D eigenvalue weighted by Gasteiger charge is -2.02. The highest BCUT2D eigenvalue weighted by atomic mass is 35.5. The van der Waals surface area contributed by atoms with Crippen molar-refractivity contribution in [2.45, 2.75) is 31.7 Å². The highest BCUT2D eigenvalue weighted by Gasteiger charge is 2.19. The van der Waals surface area contributed by atoms with E-state index in [-0.39, 0.29) is 0 Å². The van der Waals surface area contributed by atoms with E-state index in [0.717, 1.165) is 36.1 Å². The van der Waals surface area contributed by atoms with Crippen molar-refractivity contribution in [1.82, 2.24) is 15.1 Å². The lowest BCUT2D eigenvalue weighted by Crippen LogP contribution is -2.17. The van der Waals surface area contributed by atoms with Crippen molar-refractivity contribution in [3.05, 3.63) is 47.2 Å². The van der Waals surface area contributed by atoms with Gasteiger partial charge in [-0.3, -0.25) is 0 Å². The fraction of sp³-hybridized carbons (Fsp3) is 0.400. The van der Waals surface area contributed by atoms with Gasteiger partial charge < -0.3 is 5.32 Å². The van der Waals surface area contributed by atoms with Gasteiger partial charge in [0.25, 0.3) is 0 Å². The van der Waals surface area contributed by atoms with Crippen LogP contribution in [-0.4, -0.2) is 22.4 Å². The van der Waals surface area contributed by atoms with E-state index in [4.69, 9.17) is 11.6 Å². The van der Waals surface area contributed by atoms with Crippen LogP contribution in [0.15, 0.2) is 36.7 Å². The molecular formula is C15H18ClN3. The van der Waals surface area contributed by atoms with Gasteiger partial charge in [-0.1, -0.05) is 17.7 Å². The summed E-state index contributed by atoms with van der Waals surface area (Å²) in [7, 11) is 0. The number of hydrogen-bond donors (Lipinski definition) is 1. The van der Waals surface area contributed by atoms with Gasteiger partial charge in [0.2, 0.25) is 0 Å². The molecule has 0 saturated heterocycles. The van der Waals surface area contributed by atoms with Crippen molar-refractivity contribution in [3.63, 3.8) is 0 Å². The van der Waals surface area contributed by atoms with Crippen LogP contribution >= 0.6 is 11.6 Å². The fourth-order valence-corrected chi connectivity index (χ4v) is 2.32. The Morgan fingerprint density at radius 3 is 3.05 bits per heavy atom. The molecule has 100 valence electrons. The van der Waals surface area contributed by atoms with Crippen molar-refractivity contribution < 1.29 is 0 Å². The molecule has 1 heterocycles. The molecule has 19 heavy (non-hydrogen) atoms. The molecule has 1 aromatic carbocycles. The van der Waals surface area contributed by atoms with Gasteiger partial charge >= 0.3 is 0 Å². The normalized spacial score (nSPS) is 14.8. The van der Waals surface area contributed by atoms with E-state index in [9.17, 15) is 0 Å². The van der Waals surface area contributed by atoms with Crippen molar-refractivity contribution in [3.8, 4) is 5.69 Å². The molecule has 1 aliphatic carbocycles. The van der Waals surface area contributed by atoms with Gasteiger partial charge in [-0.15, -0.1) is 0 Å². The van der Waals surface area contributed by atoms with Gasteiger partial charge in [-0.25, -0.2) is 4.68 Å². The van der Waals surface area contributed by atoms with Gasteiger partial charge in [-0.05, 0) is 56.0 Å². The summed E-state index contributed by atoms with van der Waals surface area (Å²) >= 11 is 5.99. The minimum Gasteiger partial charge on any atom is -0.314 e. The highest BCUT2D eigenvalue weighted by molar-refractivity contribution is 6.30. The minimum atomic E-state index is 0.739. The second-order valence-corrected chi connectivity index (χ2v) is 5.54. The summed E-state index contributed by atoms with van der Waals surface area (Å²) < 4.78 is 1.88. The summed E-state index contributed by atoms with van der Waals surface area (Å²) in [4.78, 5) is 0. The van der Waals surface area contributed by atoms with Crippen LogP contribution in [0.3, 0.4) is 0 Å². The lowest BCUT2D eigenvalue weighted by molar-refractivity contribution is 0.645. The number of nitrogens with one attached hydrogen (secondary N) is 1. The van der Waals surface area contributed by atoms with E-state index in [2.05, 4.69) is 16.6 Å². The van der Waals surface area contributed by atoms with Gasteiger partial charge in [0.1, 0.15) is 0 Å². The Morgan fingerprint density at radius 2 is 2.26 bits per heavy atom. The largest absolute Gasteiger partial charge is 0.314 e. The van der Waals surface area contributed by atoms with Gasteiger partial charge in [0, 0.05) is 17.3 Å². The van der Waals surface area contributed by atoms with Gasteiger partial charge in [-0.2, -0.15) is 5.10 Å². The first-order chi connectivity index (χ1) is 9.31. The number of hydrogen-bond acceptors (Lipinski definition) is 2. The van der Waals surface area contributed by atoms with Gasteiger partial charge in [0.05, 0.1) is 11.9 Å². The predicted molar refractivity (Wildman–Crippen MR) is 77.9 cm³/mol. The smallest absolute Gasteiger partial charge is 0.0660 e. The molecule has 2 aromatic rings. The molecule has 0 bridgehead atoms. The zero-order valence-electron chi connectivity index (χ0n) is 10.8. The molecule has 4 heteroatoms. The summed E-state index contributed by atoms with van der Waals surface area (Å²) in [6.45, 7) is 1.10. The Labute approximate surface area is 118 Å². The molecule has 3 nitrogen and oxygen atoms in total. The van der Waals surface area contributed by atoms with E-state index >= 15 is 0 Å². The number of benzene rings is 1. The lowest BCUT2D eigenvalue weighted by atomic mass is 10.2. The van der Waals surface area contributed by atoms with Gasteiger partial charge in [0.15, 0.2) is 0 Å². The summed E-state index contributed by atoms with van der Waals surface area (Å²) in [5.41, 5.74) is 2.28. The third-order valence-electron chi connectivity index (χ3n) is 3.36. The van der Waals surface area contributed by atoms with Crippen LogP contribution < -0.4 is 5.32 Å². The van der Waals surface area contributed by atoms with E-state index in [1.165, 1.54) is 18.4 Å². The number of rotatable bonds is 6. The number of nitrogens with zero attached hydrogens (tertiary/aromatic N) is 2. The van der Waals surface area contributed by atoms with Crippen molar-refractivity contribution in [1.29, 1.82) is 0 Å². The Balaban J connectivity index is 1.56. The quantitative estimate of drug-likeness (QED) is 0.821. The van der Waals surface area contributed by atoms with Crippen LogP contribution in [0.2, 0.25) is 5.02 Å². The second-order valence-electron chi connectivity index (χ2n) is 5.10. The third-order valence-corrected chi connectivity index (χ3v) is 3.60. The predicted octanol–water partition coefficient (Wildman–Crippen LogP) is 3.21. The Bertz CT molecular complexity index is 546. The standard InChI is InChI=1S/C15H18ClN3/c16-13-4-1-5-15(9-13)19-11-12(10-18-19)3-2-8-17-14-6-7-14/h1,4-5,9-11,14,17H,2-3,6-8H2. The zero-order chi connectivity index (χ0) is 13.1.